The summed E-state index contributed by atoms with van der Waals surface area (Å²) < 4.78 is 2.15. The van der Waals surface area contributed by atoms with E-state index < -0.39 is 0 Å². The molecule has 0 spiro atoms. The Morgan fingerprint density at radius 3 is 2.89 bits per heavy atom. The molecule has 18 heavy (non-hydrogen) atoms. The number of aryl methyl sites for hydroxylation is 1. The molecule has 0 saturated heterocycles. The van der Waals surface area contributed by atoms with Gasteiger partial charge in [0.2, 0.25) is 5.51 Å². The summed E-state index contributed by atoms with van der Waals surface area (Å²) in [6.45, 7) is 4.92. The highest BCUT2D eigenvalue weighted by molar-refractivity contribution is 7.09. The molecule has 4 nitrogen and oxygen atoms in total. The van der Waals surface area contributed by atoms with Crippen molar-refractivity contribution in [3.63, 3.8) is 0 Å². The highest BCUT2D eigenvalue weighted by Gasteiger charge is 2.16. The van der Waals surface area contributed by atoms with Crippen LogP contribution in [0.4, 0.5) is 5.69 Å². The van der Waals surface area contributed by atoms with Gasteiger partial charge in [-0.3, -0.25) is 4.98 Å². The fraction of sp³-hybridized carbons (Fsp3) is 0.385. The molecule has 0 bridgehead atoms. The third-order valence-corrected chi connectivity index (χ3v) is 4.14. The summed E-state index contributed by atoms with van der Waals surface area (Å²) >= 11 is 1.67. The smallest absolute Gasteiger partial charge is 0.225 e. The number of anilines is 1. The molecule has 3 N–H and O–H groups in total. The maximum Gasteiger partial charge on any atom is 0.225 e. The second-order valence-corrected chi connectivity index (χ2v) is 5.30. The lowest BCUT2D eigenvalue weighted by molar-refractivity contribution is -0.689. The average Bonchev–Trinajstić information content (AvgIpc) is 2.66. The van der Waals surface area contributed by atoms with Crippen LogP contribution in [0, 0.1) is 13.8 Å². The summed E-state index contributed by atoms with van der Waals surface area (Å²) in [6.07, 6.45) is 2.55. The van der Waals surface area contributed by atoms with Gasteiger partial charge >= 0.3 is 0 Å². The number of thiazole rings is 1. The van der Waals surface area contributed by atoms with Crippen molar-refractivity contribution in [3.8, 4) is 0 Å². The molecule has 0 radical (unpaired) electrons. The van der Waals surface area contributed by atoms with Crippen LogP contribution in [0.1, 0.15) is 21.8 Å². The Kier molecular flexibility index (Phi) is 3.93. The van der Waals surface area contributed by atoms with Crippen molar-refractivity contribution < 1.29 is 9.67 Å². The van der Waals surface area contributed by atoms with E-state index in [1.54, 1.807) is 11.3 Å². The molecule has 0 aliphatic carbocycles. The van der Waals surface area contributed by atoms with Crippen molar-refractivity contribution in [2.75, 3.05) is 12.3 Å². The number of nitrogens with two attached hydrogens (primary N) is 1. The lowest BCUT2D eigenvalue weighted by atomic mass is 10.2. The predicted octanol–water partition coefficient (Wildman–Crippen LogP) is 1.21. The van der Waals surface area contributed by atoms with E-state index in [1.165, 1.54) is 10.6 Å². The minimum Gasteiger partial charge on any atom is -0.398 e. The Morgan fingerprint density at radius 2 is 2.22 bits per heavy atom. The van der Waals surface area contributed by atoms with Crippen molar-refractivity contribution in [3.05, 3.63) is 39.6 Å². The van der Waals surface area contributed by atoms with Crippen LogP contribution in [0.3, 0.4) is 0 Å². The summed E-state index contributed by atoms with van der Waals surface area (Å²) in [7, 11) is 0. The average molecular weight is 264 g/mol. The van der Waals surface area contributed by atoms with E-state index in [0.717, 1.165) is 23.5 Å². The van der Waals surface area contributed by atoms with E-state index in [9.17, 15) is 0 Å². The van der Waals surface area contributed by atoms with Crippen molar-refractivity contribution in [1.29, 1.82) is 0 Å². The molecule has 0 aliphatic rings. The molecule has 0 unspecified atom stereocenters. The third kappa shape index (κ3) is 2.68. The van der Waals surface area contributed by atoms with Crippen LogP contribution < -0.4 is 10.3 Å². The zero-order valence-corrected chi connectivity index (χ0v) is 11.5. The summed E-state index contributed by atoms with van der Waals surface area (Å²) in [5, 5.41) is 8.99. The number of rotatable bonds is 4. The first-order valence-corrected chi connectivity index (χ1v) is 6.78. The molecule has 2 aromatic rings. The minimum absolute atomic E-state index is 0.190. The van der Waals surface area contributed by atoms with Crippen LogP contribution in [0.5, 0.6) is 0 Å². The van der Waals surface area contributed by atoms with Gasteiger partial charge < -0.3 is 10.8 Å². The summed E-state index contributed by atoms with van der Waals surface area (Å²) in [4.78, 5) is 5.50. The second kappa shape index (κ2) is 5.46. The normalized spacial score (nSPS) is 10.8. The number of pyridine rings is 1. The van der Waals surface area contributed by atoms with E-state index >= 15 is 0 Å². The van der Waals surface area contributed by atoms with Crippen LogP contribution in [0.15, 0.2) is 17.8 Å². The molecule has 96 valence electrons. The fourth-order valence-corrected chi connectivity index (χ4v) is 2.86. The number of hydrogen-bond donors (Lipinski definition) is 2. The van der Waals surface area contributed by atoms with Gasteiger partial charge in [0.05, 0.1) is 10.4 Å². The van der Waals surface area contributed by atoms with Crippen LogP contribution in [-0.4, -0.2) is 16.7 Å². The molecular weight excluding hydrogens is 246 g/mol. The molecule has 0 atom stereocenters. The standard InChI is InChI=1S/C13H18N3OS/c1-9-5-12(14)11(6-15-9)7-16-8-18-13(3-4-17)10(16)2/h5-6,8,17H,3-4,7H2,1-2H3,(H2,14,15)/q+1. The number of aliphatic hydroxyl groups excluding tert-OH is 1. The Bertz CT molecular complexity index is 551. The summed E-state index contributed by atoms with van der Waals surface area (Å²) in [6, 6.07) is 1.90. The van der Waals surface area contributed by atoms with Crippen molar-refractivity contribution in [1.82, 2.24) is 4.98 Å². The Balaban J connectivity index is 2.23. The van der Waals surface area contributed by atoms with Gasteiger partial charge in [-0.2, -0.15) is 4.57 Å². The maximum atomic E-state index is 8.99. The van der Waals surface area contributed by atoms with Crippen LogP contribution in [0.2, 0.25) is 0 Å². The SMILES string of the molecule is Cc1cc(N)c(C[n+]2csc(CCO)c2C)cn1. The number of hydrogen-bond acceptors (Lipinski definition) is 4. The largest absolute Gasteiger partial charge is 0.398 e. The van der Waals surface area contributed by atoms with Gasteiger partial charge in [0, 0.05) is 37.5 Å². The lowest BCUT2D eigenvalue weighted by Gasteiger charge is -2.02. The Morgan fingerprint density at radius 1 is 1.44 bits per heavy atom. The number of nitrogens with zero attached hydrogens (tertiary/aromatic N) is 2. The molecular formula is C13H18N3OS+. The van der Waals surface area contributed by atoms with Gasteiger partial charge in [-0.05, 0) is 13.0 Å². The first-order valence-electron chi connectivity index (χ1n) is 5.90. The van der Waals surface area contributed by atoms with Crippen LogP contribution in [0.25, 0.3) is 0 Å². The van der Waals surface area contributed by atoms with Gasteiger partial charge in [-0.25, -0.2) is 0 Å². The topological polar surface area (TPSA) is 63.0 Å². The molecule has 2 aromatic heterocycles. The predicted molar refractivity (Wildman–Crippen MR) is 72.5 cm³/mol. The van der Waals surface area contributed by atoms with E-state index in [0.29, 0.717) is 6.42 Å². The molecule has 5 heteroatoms. The monoisotopic (exact) mass is 264 g/mol. The highest BCUT2D eigenvalue weighted by Crippen LogP contribution is 2.15. The van der Waals surface area contributed by atoms with E-state index in [4.69, 9.17) is 10.8 Å². The number of aromatic nitrogens is 2. The van der Waals surface area contributed by atoms with Gasteiger partial charge in [0.1, 0.15) is 0 Å². The molecule has 0 saturated carbocycles. The molecule has 2 heterocycles. The van der Waals surface area contributed by atoms with Gasteiger partial charge in [-0.1, -0.05) is 11.3 Å². The Labute approximate surface area is 111 Å². The summed E-state index contributed by atoms with van der Waals surface area (Å²) in [5.41, 5.74) is 12.0. The van der Waals surface area contributed by atoms with E-state index in [1.807, 2.05) is 19.2 Å². The Hall–Kier alpha value is -1.46. The number of nitrogen functional groups attached to an aromatic ring is 1. The van der Waals surface area contributed by atoms with Crippen LogP contribution >= 0.6 is 11.3 Å². The van der Waals surface area contributed by atoms with Gasteiger partial charge in [0.25, 0.3) is 0 Å². The van der Waals surface area contributed by atoms with Gasteiger partial charge in [-0.15, -0.1) is 0 Å². The van der Waals surface area contributed by atoms with Crippen LogP contribution in [-0.2, 0) is 13.0 Å². The fourth-order valence-electron chi connectivity index (χ4n) is 1.87. The third-order valence-electron chi connectivity index (χ3n) is 3.00. The lowest BCUT2D eigenvalue weighted by Crippen LogP contribution is -2.35. The van der Waals surface area contributed by atoms with Crippen molar-refractivity contribution >= 4 is 17.0 Å². The first-order chi connectivity index (χ1) is 8.61. The molecule has 0 amide bonds. The molecule has 0 aromatic carbocycles. The quantitative estimate of drug-likeness (QED) is 0.816. The van der Waals surface area contributed by atoms with Gasteiger partial charge in [0.15, 0.2) is 12.2 Å². The zero-order valence-electron chi connectivity index (χ0n) is 10.7. The molecule has 0 fully saturated rings. The van der Waals surface area contributed by atoms with E-state index in [-0.39, 0.29) is 6.61 Å². The van der Waals surface area contributed by atoms with Crippen molar-refractivity contribution in [2.45, 2.75) is 26.8 Å². The molecule has 0 aliphatic heterocycles. The van der Waals surface area contributed by atoms with Crippen molar-refractivity contribution in [2.24, 2.45) is 0 Å². The van der Waals surface area contributed by atoms with E-state index in [2.05, 4.69) is 22.0 Å². The maximum absolute atomic E-state index is 8.99. The second-order valence-electron chi connectivity index (χ2n) is 4.36. The highest BCUT2D eigenvalue weighted by atomic mass is 32.1. The first kappa shape index (κ1) is 13.0. The zero-order chi connectivity index (χ0) is 13.1. The molecule has 2 rings (SSSR count). The minimum atomic E-state index is 0.190. The number of aliphatic hydroxyl groups is 1. The summed E-state index contributed by atoms with van der Waals surface area (Å²) in [5.74, 6) is 0.